The number of hydrogen-bond acceptors (Lipinski definition) is 4. The molecule has 0 fully saturated rings. The molecule has 0 aliphatic heterocycles. The average molecular weight is 399 g/mol. The highest BCUT2D eigenvalue weighted by Gasteiger charge is 2.28. The number of benzene rings is 1. The van der Waals surface area contributed by atoms with Crippen LogP contribution in [0.25, 0.3) is 0 Å². The molecular weight excluding hydrogens is 375 g/mol. The van der Waals surface area contributed by atoms with Crippen LogP contribution in [-0.2, 0) is 6.54 Å². The predicted molar refractivity (Wildman–Crippen MR) is 99.2 cm³/mol. The molecule has 28 heavy (non-hydrogen) atoms. The number of halogens is 3. The van der Waals surface area contributed by atoms with Gasteiger partial charge in [-0.05, 0) is 37.6 Å². The quantitative estimate of drug-likeness (QED) is 0.469. The second kappa shape index (κ2) is 10.0. The van der Waals surface area contributed by atoms with E-state index in [2.05, 4.69) is 15.6 Å². The number of rotatable bonds is 8. The fourth-order valence-corrected chi connectivity index (χ4v) is 2.37. The van der Waals surface area contributed by atoms with E-state index < -0.39 is 18.9 Å². The molecule has 1 unspecified atom stereocenters. The summed E-state index contributed by atoms with van der Waals surface area (Å²) in [6.07, 6.45) is -3.80. The standard InChI is InChI=1S/C19H24F3N3O3/c1-3-23-18(25-11-15(26)16-5-4-8-27-16)24-10-14-7-6-13(2)9-17(14)28-12-19(20,21)22/h4-9,15,26H,3,10-12H2,1-2H3,(H2,23,24,25). The van der Waals surface area contributed by atoms with Gasteiger partial charge in [-0.25, -0.2) is 4.99 Å². The number of ether oxygens (including phenoxy) is 1. The number of guanidine groups is 1. The maximum Gasteiger partial charge on any atom is 0.422 e. The van der Waals surface area contributed by atoms with Crippen LogP contribution in [-0.4, -0.2) is 36.9 Å². The van der Waals surface area contributed by atoms with Crippen molar-refractivity contribution in [3.8, 4) is 5.75 Å². The van der Waals surface area contributed by atoms with Crippen LogP contribution in [0.15, 0.2) is 46.0 Å². The predicted octanol–water partition coefficient (Wildman–Crippen LogP) is 3.32. The van der Waals surface area contributed by atoms with Gasteiger partial charge in [0.2, 0.25) is 0 Å². The summed E-state index contributed by atoms with van der Waals surface area (Å²) in [5.41, 5.74) is 1.31. The van der Waals surface area contributed by atoms with Crippen molar-refractivity contribution in [3.05, 3.63) is 53.5 Å². The fraction of sp³-hybridized carbons (Fsp3) is 0.421. The number of furan rings is 1. The highest BCUT2D eigenvalue weighted by molar-refractivity contribution is 5.79. The number of aliphatic hydroxyl groups excluding tert-OH is 1. The lowest BCUT2D eigenvalue weighted by molar-refractivity contribution is -0.153. The van der Waals surface area contributed by atoms with Crippen LogP contribution in [0.2, 0.25) is 0 Å². The molecule has 2 aromatic rings. The van der Waals surface area contributed by atoms with Gasteiger partial charge in [0.05, 0.1) is 19.4 Å². The van der Waals surface area contributed by atoms with Gasteiger partial charge in [-0.15, -0.1) is 0 Å². The molecule has 0 radical (unpaired) electrons. The number of aliphatic imine (C=N–C) groups is 1. The van der Waals surface area contributed by atoms with Crippen LogP contribution in [0.1, 0.15) is 29.9 Å². The maximum atomic E-state index is 12.5. The number of alkyl halides is 3. The Morgan fingerprint density at radius 2 is 2.07 bits per heavy atom. The third-order valence-electron chi connectivity index (χ3n) is 3.70. The van der Waals surface area contributed by atoms with Gasteiger partial charge >= 0.3 is 6.18 Å². The Kier molecular flexibility index (Phi) is 7.74. The van der Waals surface area contributed by atoms with Gasteiger partial charge in [-0.1, -0.05) is 12.1 Å². The topological polar surface area (TPSA) is 79.0 Å². The molecule has 0 aliphatic carbocycles. The van der Waals surface area contributed by atoms with E-state index in [1.54, 1.807) is 37.3 Å². The Morgan fingerprint density at radius 1 is 1.29 bits per heavy atom. The maximum absolute atomic E-state index is 12.5. The summed E-state index contributed by atoms with van der Waals surface area (Å²) < 4.78 is 47.5. The Balaban J connectivity index is 2.04. The van der Waals surface area contributed by atoms with Crippen LogP contribution >= 0.6 is 0 Å². The highest BCUT2D eigenvalue weighted by atomic mass is 19.4. The van der Waals surface area contributed by atoms with Crippen molar-refractivity contribution in [1.29, 1.82) is 0 Å². The van der Waals surface area contributed by atoms with Gasteiger partial charge in [0.25, 0.3) is 0 Å². The molecule has 0 saturated heterocycles. The molecule has 0 amide bonds. The fourth-order valence-electron chi connectivity index (χ4n) is 2.37. The van der Waals surface area contributed by atoms with Crippen molar-refractivity contribution in [3.63, 3.8) is 0 Å². The molecule has 6 nitrogen and oxygen atoms in total. The minimum atomic E-state index is -4.41. The van der Waals surface area contributed by atoms with E-state index in [-0.39, 0.29) is 18.8 Å². The normalized spacial score (nSPS) is 13.3. The van der Waals surface area contributed by atoms with Crippen molar-refractivity contribution in [2.75, 3.05) is 19.7 Å². The summed E-state index contributed by atoms with van der Waals surface area (Å²) in [6, 6.07) is 8.36. The molecule has 3 N–H and O–H groups in total. The Labute approximate surface area is 161 Å². The van der Waals surface area contributed by atoms with Gasteiger partial charge in [-0.2, -0.15) is 13.2 Å². The zero-order valence-corrected chi connectivity index (χ0v) is 15.7. The minimum Gasteiger partial charge on any atom is -0.484 e. The summed E-state index contributed by atoms with van der Waals surface area (Å²) in [5.74, 6) is 0.979. The third kappa shape index (κ3) is 7.15. The van der Waals surface area contributed by atoms with E-state index in [1.165, 1.54) is 6.26 Å². The highest BCUT2D eigenvalue weighted by Crippen LogP contribution is 2.24. The zero-order valence-electron chi connectivity index (χ0n) is 15.7. The summed E-state index contributed by atoms with van der Waals surface area (Å²) in [4.78, 5) is 4.36. The number of aryl methyl sites for hydroxylation is 1. The number of nitrogens with zero attached hydrogens (tertiary/aromatic N) is 1. The molecular formula is C19H24F3N3O3. The van der Waals surface area contributed by atoms with Crippen molar-refractivity contribution in [2.45, 2.75) is 32.7 Å². The lowest BCUT2D eigenvalue weighted by Gasteiger charge is -2.15. The molecule has 1 heterocycles. The van der Waals surface area contributed by atoms with Crippen LogP contribution in [0.5, 0.6) is 5.75 Å². The molecule has 1 atom stereocenters. The van der Waals surface area contributed by atoms with E-state index in [9.17, 15) is 18.3 Å². The van der Waals surface area contributed by atoms with Gasteiger partial charge in [0.15, 0.2) is 12.6 Å². The van der Waals surface area contributed by atoms with E-state index in [0.29, 0.717) is 23.8 Å². The molecule has 1 aromatic heterocycles. The van der Waals surface area contributed by atoms with E-state index in [4.69, 9.17) is 9.15 Å². The van der Waals surface area contributed by atoms with Crippen molar-refractivity contribution in [2.24, 2.45) is 4.99 Å². The SMILES string of the molecule is CCNC(=NCc1ccc(C)cc1OCC(F)(F)F)NCC(O)c1ccco1. The average Bonchev–Trinajstić information content (AvgIpc) is 3.17. The van der Waals surface area contributed by atoms with Crippen LogP contribution in [0.4, 0.5) is 13.2 Å². The van der Waals surface area contributed by atoms with Gasteiger partial charge in [-0.3, -0.25) is 0 Å². The van der Waals surface area contributed by atoms with E-state index in [0.717, 1.165) is 5.56 Å². The molecule has 0 aliphatic rings. The van der Waals surface area contributed by atoms with Gasteiger partial charge in [0, 0.05) is 12.1 Å². The van der Waals surface area contributed by atoms with E-state index in [1.807, 2.05) is 6.92 Å². The first-order chi connectivity index (χ1) is 13.3. The largest absolute Gasteiger partial charge is 0.484 e. The summed E-state index contributed by atoms with van der Waals surface area (Å²) in [6.45, 7) is 3.14. The Bertz CT molecular complexity index is 762. The lowest BCUT2D eigenvalue weighted by atomic mass is 10.1. The summed E-state index contributed by atoms with van der Waals surface area (Å²) in [5, 5.41) is 16.1. The van der Waals surface area contributed by atoms with Gasteiger partial charge in [0.1, 0.15) is 17.6 Å². The van der Waals surface area contributed by atoms with Crippen LogP contribution in [0.3, 0.4) is 0 Å². The first-order valence-corrected chi connectivity index (χ1v) is 8.81. The molecule has 0 bridgehead atoms. The first-order valence-electron chi connectivity index (χ1n) is 8.81. The molecule has 9 heteroatoms. The number of nitrogens with one attached hydrogen (secondary N) is 2. The van der Waals surface area contributed by atoms with Crippen molar-refractivity contribution in [1.82, 2.24) is 10.6 Å². The van der Waals surface area contributed by atoms with Crippen LogP contribution in [0, 0.1) is 6.92 Å². The van der Waals surface area contributed by atoms with Crippen molar-refractivity contribution < 1.29 is 27.4 Å². The number of hydrogen-bond donors (Lipinski definition) is 3. The first kappa shape index (κ1) is 21.6. The zero-order chi connectivity index (χ0) is 20.6. The van der Waals surface area contributed by atoms with Gasteiger partial charge < -0.3 is 24.9 Å². The summed E-state index contributed by atoms with van der Waals surface area (Å²) in [7, 11) is 0. The monoisotopic (exact) mass is 399 g/mol. The Morgan fingerprint density at radius 3 is 2.71 bits per heavy atom. The second-order valence-corrected chi connectivity index (χ2v) is 6.12. The molecule has 154 valence electrons. The number of aliphatic hydroxyl groups is 1. The summed E-state index contributed by atoms with van der Waals surface area (Å²) >= 11 is 0. The van der Waals surface area contributed by atoms with Crippen molar-refractivity contribution >= 4 is 5.96 Å². The molecule has 0 saturated carbocycles. The van der Waals surface area contributed by atoms with Crippen LogP contribution < -0.4 is 15.4 Å². The lowest BCUT2D eigenvalue weighted by Crippen LogP contribution is -2.39. The molecule has 0 spiro atoms. The minimum absolute atomic E-state index is 0.111. The smallest absolute Gasteiger partial charge is 0.422 e. The van der Waals surface area contributed by atoms with E-state index >= 15 is 0 Å². The Hall–Kier alpha value is -2.68. The second-order valence-electron chi connectivity index (χ2n) is 6.12. The molecule has 1 aromatic carbocycles. The third-order valence-corrected chi connectivity index (χ3v) is 3.70. The molecule has 2 rings (SSSR count).